The van der Waals surface area contributed by atoms with Gasteiger partial charge in [0.05, 0.1) is 0 Å². The number of carbonyl (C=O) groups is 3. The van der Waals surface area contributed by atoms with Gasteiger partial charge in [0.15, 0.2) is 0 Å². The molecule has 0 radical (unpaired) electrons. The van der Waals surface area contributed by atoms with Gasteiger partial charge < -0.3 is 19.9 Å². The van der Waals surface area contributed by atoms with Crippen LogP contribution in [0.3, 0.4) is 0 Å². The molecule has 3 amide bonds. The van der Waals surface area contributed by atoms with Gasteiger partial charge in [0.1, 0.15) is 5.60 Å². The van der Waals surface area contributed by atoms with Crippen LogP contribution in [0.1, 0.15) is 63.2 Å². The molecule has 1 aromatic carbocycles. The average molecular weight is 416 g/mol. The van der Waals surface area contributed by atoms with Gasteiger partial charge in [0.2, 0.25) is 5.91 Å². The molecule has 3 rings (SSSR count). The van der Waals surface area contributed by atoms with E-state index in [0.717, 1.165) is 12.8 Å². The summed E-state index contributed by atoms with van der Waals surface area (Å²) < 4.78 is 5.40. The lowest BCUT2D eigenvalue weighted by molar-refractivity contribution is -0.121. The lowest BCUT2D eigenvalue weighted by Crippen LogP contribution is -2.43. The summed E-state index contributed by atoms with van der Waals surface area (Å²) in [5.74, 6) is -0.252. The molecule has 7 heteroatoms. The van der Waals surface area contributed by atoms with Crippen molar-refractivity contribution in [1.29, 1.82) is 0 Å². The van der Waals surface area contributed by atoms with E-state index < -0.39 is 5.60 Å². The van der Waals surface area contributed by atoms with Gasteiger partial charge in [0.25, 0.3) is 5.91 Å². The third-order valence-corrected chi connectivity index (χ3v) is 5.84. The van der Waals surface area contributed by atoms with E-state index in [1.165, 1.54) is 6.42 Å². The topological polar surface area (TPSA) is 79.0 Å². The molecule has 1 aliphatic heterocycles. The van der Waals surface area contributed by atoms with Crippen LogP contribution in [0, 0.1) is 5.92 Å². The molecule has 1 saturated heterocycles. The fourth-order valence-electron chi connectivity index (χ4n) is 3.77. The van der Waals surface area contributed by atoms with Gasteiger partial charge in [-0.3, -0.25) is 9.59 Å². The zero-order valence-corrected chi connectivity index (χ0v) is 18.4. The third-order valence-electron chi connectivity index (χ3n) is 5.84. The second kappa shape index (κ2) is 9.06. The molecule has 0 spiro atoms. The van der Waals surface area contributed by atoms with Gasteiger partial charge in [-0.1, -0.05) is 6.07 Å². The Kier molecular flexibility index (Phi) is 6.68. The average Bonchev–Trinajstić information content (AvgIpc) is 2.65. The smallest absolute Gasteiger partial charge is 0.410 e. The van der Waals surface area contributed by atoms with Gasteiger partial charge in [-0.15, -0.1) is 0 Å². The van der Waals surface area contributed by atoms with Crippen molar-refractivity contribution in [3.05, 3.63) is 29.8 Å². The summed E-state index contributed by atoms with van der Waals surface area (Å²) in [6, 6.07) is 7.44. The highest BCUT2D eigenvalue weighted by molar-refractivity contribution is 5.97. The summed E-state index contributed by atoms with van der Waals surface area (Å²) in [5, 5.41) is 2.94. The highest BCUT2D eigenvalue weighted by Gasteiger charge is 2.30. The Hall–Kier alpha value is -2.57. The van der Waals surface area contributed by atoms with Crippen molar-refractivity contribution in [2.75, 3.05) is 25.5 Å². The number of piperidine rings is 1. The number of ether oxygens (including phenoxy) is 1. The monoisotopic (exact) mass is 415 g/mol. The first kappa shape index (κ1) is 22.1. The quantitative estimate of drug-likeness (QED) is 0.809. The number of carbonyl (C=O) groups excluding carboxylic acids is 3. The van der Waals surface area contributed by atoms with Crippen molar-refractivity contribution in [3.63, 3.8) is 0 Å². The molecule has 7 nitrogen and oxygen atoms in total. The van der Waals surface area contributed by atoms with Gasteiger partial charge in [-0.25, -0.2) is 4.79 Å². The van der Waals surface area contributed by atoms with Crippen molar-refractivity contribution < 1.29 is 19.1 Å². The van der Waals surface area contributed by atoms with Crippen LogP contribution in [0.4, 0.5) is 10.5 Å². The van der Waals surface area contributed by atoms with Crippen LogP contribution in [-0.4, -0.2) is 59.5 Å². The van der Waals surface area contributed by atoms with E-state index in [1.807, 2.05) is 27.8 Å². The Morgan fingerprint density at radius 1 is 1.10 bits per heavy atom. The maximum Gasteiger partial charge on any atom is 0.410 e. The van der Waals surface area contributed by atoms with Crippen molar-refractivity contribution in [2.45, 2.75) is 64.5 Å². The van der Waals surface area contributed by atoms with Crippen LogP contribution < -0.4 is 5.32 Å². The normalized spacial score (nSPS) is 17.8. The predicted octanol–water partition coefficient (Wildman–Crippen LogP) is 3.90. The molecular formula is C23H33N3O4. The molecule has 0 aromatic heterocycles. The molecule has 1 saturated carbocycles. The Bertz CT molecular complexity index is 790. The predicted molar refractivity (Wildman–Crippen MR) is 115 cm³/mol. The maximum atomic E-state index is 12.7. The summed E-state index contributed by atoms with van der Waals surface area (Å²) in [5.41, 5.74) is 0.685. The number of hydrogen-bond acceptors (Lipinski definition) is 4. The zero-order valence-electron chi connectivity index (χ0n) is 18.4. The first-order valence-corrected chi connectivity index (χ1v) is 10.8. The minimum atomic E-state index is -0.527. The molecular weight excluding hydrogens is 382 g/mol. The Morgan fingerprint density at radius 3 is 2.33 bits per heavy atom. The van der Waals surface area contributed by atoms with Crippen molar-refractivity contribution in [1.82, 2.24) is 9.80 Å². The first-order valence-electron chi connectivity index (χ1n) is 10.8. The summed E-state index contributed by atoms with van der Waals surface area (Å²) in [7, 11) is 1.84. The molecule has 0 unspecified atom stereocenters. The summed E-state index contributed by atoms with van der Waals surface area (Å²) in [6.45, 7) is 6.52. The SMILES string of the molecule is CN(C(=O)c1cccc(NC(=O)C2CCN(C(=O)OC(C)(C)C)CC2)c1)C1CCC1. The summed E-state index contributed by atoms with van der Waals surface area (Å²) in [6.07, 6.45) is 4.14. The van der Waals surface area contributed by atoms with Crippen LogP contribution in [0.15, 0.2) is 24.3 Å². The number of anilines is 1. The second-order valence-corrected chi connectivity index (χ2v) is 9.31. The minimum Gasteiger partial charge on any atom is -0.444 e. The van der Waals surface area contributed by atoms with Crippen molar-refractivity contribution in [2.24, 2.45) is 5.92 Å². The number of nitrogens with one attached hydrogen (secondary N) is 1. The van der Waals surface area contributed by atoms with E-state index in [-0.39, 0.29) is 23.8 Å². The highest BCUT2D eigenvalue weighted by Crippen LogP contribution is 2.26. The largest absolute Gasteiger partial charge is 0.444 e. The number of amides is 3. The second-order valence-electron chi connectivity index (χ2n) is 9.31. The lowest BCUT2D eigenvalue weighted by Gasteiger charge is -2.34. The molecule has 0 atom stereocenters. The summed E-state index contributed by atoms with van der Waals surface area (Å²) in [4.78, 5) is 41.0. The van der Waals surface area contributed by atoms with Crippen molar-refractivity contribution >= 4 is 23.6 Å². The van der Waals surface area contributed by atoms with Gasteiger partial charge in [0, 0.05) is 43.3 Å². The Balaban J connectivity index is 1.53. The number of nitrogens with zero attached hydrogens (tertiary/aromatic N) is 2. The zero-order chi connectivity index (χ0) is 21.9. The fraction of sp³-hybridized carbons (Fsp3) is 0.609. The minimum absolute atomic E-state index is 0.0125. The maximum absolute atomic E-state index is 12.7. The Morgan fingerprint density at radius 2 is 1.77 bits per heavy atom. The van der Waals surface area contributed by atoms with E-state index in [1.54, 1.807) is 34.1 Å². The highest BCUT2D eigenvalue weighted by atomic mass is 16.6. The molecule has 1 aliphatic carbocycles. The fourth-order valence-corrected chi connectivity index (χ4v) is 3.77. The molecule has 164 valence electrons. The molecule has 2 fully saturated rings. The van der Waals surface area contributed by atoms with Crippen LogP contribution in [0.5, 0.6) is 0 Å². The molecule has 1 N–H and O–H groups in total. The van der Waals surface area contributed by atoms with Gasteiger partial charge in [-0.05, 0) is 71.1 Å². The first-order chi connectivity index (χ1) is 14.1. The van der Waals surface area contributed by atoms with Crippen molar-refractivity contribution in [3.8, 4) is 0 Å². The van der Waals surface area contributed by atoms with E-state index in [2.05, 4.69) is 5.32 Å². The van der Waals surface area contributed by atoms with Crippen LogP contribution >= 0.6 is 0 Å². The molecule has 0 bridgehead atoms. The Labute approximate surface area is 178 Å². The van der Waals surface area contributed by atoms with Crippen LogP contribution in [-0.2, 0) is 9.53 Å². The third kappa shape index (κ3) is 5.52. The van der Waals surface area contributed by atoms with Crippen LogP contribution in [0.25, 0.3) is 0 Å². The number of likely N-dealkylation sites (tertiary alicyclic amines) is 1. The molecule has 30 heavy (non-hydrogen) atoms. The van der Waals surface area contributed by atoms with E-state index in [0.29, 0.717) is 43.2 Å². The molecule has 2 aliphatic rings. The van der Waals surface area contributed by atoms with E-state index in [9.17, 15) is 14.4 Å². The van der Waals surface area contributed by atoms with E-state index >= 15 is 0 Å². The van der Waals surface area contributed by atoms with E-state index in [4.69, 9.17) is 4.74 Å². The summed E-state index contributed by atoms with van der Waals surface area (Å²) >= 11 is 0. The van der Waals surface area contributed by atoms with Gasteiger partial charge in [-0.2, -0.15) is 0 Å². The molecule has 1 aromatic rings. The number of hydrogen-bond donors (Lipinski definition) is 1. The molecule has 1 heterocycles. The number of benzene rings is 1. The van der Waals surface area contributed by atoms with Gasteiger partial charge >= 0.3 is 6.09 Å². The van der Waals surface area contributed by atoms with Crippen LogP contribution in [0.2, 0.25) is 0 Å². The lowest BCUT2D eigenvalue weighted by atomic mass is 9.91. The standard InChI is InChI=1S/C23H33N3O4/c1-23(2,3)30-22(29)26-13-11-16(12-14-26)20(27)24-18-8-5-7-17(15-18)21(28)25(4)19-9-6-10-19/h5,7-8,15-16,19H,6,9-14H2,1-4H3,(H,24,27). The number of rotatable bonds is 4.